The number of fused-ring (bicyclic) bond motifs is 1. The van der Waals surface area contributed by atoms with Crippen molar-refractivity contribution in [1.29, 1.82) is 0 Å². The van der Waals surface area contributed by atoms with Gasteiger partial charge in [0.15, 0.2) is 0 Å². The molecule has 2 aromatic rings. The van der Waals surface area contributed by atoms with Crippen LogP contribution in [0.4, 0.5) is 23.2 Å². The number of alkyl halides is 3. The van der Waals surface area contributed by atoms with E-state index in [-0.39, 0.29) is 23.4 Å². The molecule has 11 heteroatoms. The number of nitrogens with zero attached hydrogens (tertiary/aromatic N) is 1. The molecule has 2 heterocycles. The first-order valence-electron chi connectivity index (χ1n) is 9.18. The second kappa shape index (κ2) is 7.39. The molecule has 1 aromatic carbocycles. The van der Waals surface area contributed by atoms with Gasteiger partial charge in [0.25, 0.3) is 5.91 Å². The minimum Gasteiger partial charge on any atom is -0.374 e. The summed E-state index contributed by atoms with van der Waals surface area (Å²) in [5, 5.41) is 5.25. The van der Waals surface area contributed by atoms with Gasteiger partial charge >= 0.3 is 6.18 Å². The average molecular weight is 474 g/mol. The number of hydrogen-bond acceptors (Lipinski definition) is 4. The molecule has 2 aliphatic rings. The number of pyridine rings is 1. The van der Waals surface area contributed by atoms with Crippen LogP contribution in [0.1, 0.15) is 35.0 Å². The SMILES string of the molecule is C[C@]12COCC(=S)N[C@@]1(c1cc(NC(=O)c3ncc(C(F)(F)F)cc3Cl)ccc1F)C2. The fourth-order valence-electron chi connectivity index (χ4n) is 3.92. The van der Waals surface area contributed by atoms with Crippen LogP contribution in [0.25, 0.3) is 0 Å². The molecule has 0 spiro atoms. The zero-order chi connectivity index (χ0) is 22.6. The highest BCUT2D eigenvalue weighted by atomic mass is 35.5. The van der Waals surface area contributed by atoms with Crippen molar-refractivity contribution in [2.75, 3.05) is 18.5 Å². The largest absolute Gasteiger partial charge is 0.417 e. The number of rotatable bonds is 3. The Morgan fingerprint density at radius 3 is 2.77 bits per heavy atom. The second-order valence-corrected chi connectivity index (χ2v) is 8.78. The molecule has 0 unspecified atom stereocenters. The second-order valence-electron chi connectivity index (χ2n) is 7.88. The molecule has 1 aromatic heterocycles. The Hall–Kier alpha value is -2.30. The molecule has 0 bridgehead atoms. The highest BCUT2D eigenvalue weighted by Gasteiger charge is 2.67. The number of thiocarbonyl (C=S) groups is 1. The van der Waals surface area contributed by atoms with E-state index in [1.54, 1.807) is 0 Å². The first-order valence-corrected chi connectivity index (χ1v) is 9.97. The van der Waals surface area contributed by atoms with E-state index in [9.17, 15) is 22.4 Å². The summed E-state index contributed by atoms with van der Waals surface area (Å²) in [7, 11) is 0. The zero-order valence-corrected chi connectivity index (χ0v) is 17.6. The average Bonchev–Trinajstić information content (AvgIpc) is 3.28. The predicted octanol–water partition coefficient (Wildman–Crippen LogP) is 4.70. The first-order chi connectivity index (χ1) is 14.4. The van der Waals surface area contributed by atoms with Crippen molar-refractivity contribution in [1.82, 2.24) is 10.3 Å². The van der Waals surface area contributed by atoms with Crippen LogP contribution in [0.15, 0.2) is 30.5 Å². The van der Waals surface area contributed by atoms with E-state index in [0.717, 1.165) is 0 Å². The van der Waals surface area contributed by atoms with E-state index in [1.807, 2.05) is 6.92 Å². The summed E-state index contributed by atoms with van der Waals surface area (Å²) in [4.78, 5) is 16.5. The number of benzene rings is 1. The van der Waals surface area contributed by atoms with Crippen LogP contribution >= 0.6 is 23.8 Å². The van der Waals surface area contributed by atoms with Gasteiger partial charge in [0, 0.05) is 22.9 Å². The third-order valence-electron chi connectivity index (χ3n) is 5.63. The molecule has 1 aliphatic carbocycles. The van der Waals surface area contributed by atoms with Crippen molar-refractivity contribution in [2.24, 2.45) is 5.41 Å². The molecule has 2 N–H and O–H groups in total. The molecule has 1 amide bonds. The maximum Gasteiger partial charge on any atom is 0.417 e. The molecule has 1 aliphatic heterocycles. The molecule has 2 fully saturated rings. The molecule has 5 nitrogen and oxygen atoms in total. The Bertz CT molecular complexity index is 1100. The van der Waals surface area contributed by atoms with Gasteiger partial charge in [-0.15, -0.1) is 0 Å². The number of halogens is 5. The van der Waals surface area contributed by atoms with Gasteiger partial charge in [0.05, 0.1) is 29.3 Å². The third kappa shape index (κ3) is 3.88. The lowest BCUT2D eigenvalue weighted by molar-refractivity contribution is -0.137. The lowest BCUT2D eigenvalue weighted by atomic mass is 9.94. The number of aromatic nitrogens is 1. The number of nitrogens with one attached hydrogen (secondary N) is 2. The Morgan fingerprint density at radius 2 is 2.10 bits per heavy atom. The number of hydrogen-bond donors (Lipinski definition) is 2. The smallest absolute Gasteiger partial charge is 0.374 e. The van der Waals surface area contributed by atoms with E-state index in [2.05, 4.69) is 15.6 Å². The number of ether oxygens (including phenoxy) is 1. The lowest BCUT2D eigenvalue weighted by Crippen LogP contribution is -2.38. The maximum absolute atomic E-state index is 14.8. The van der Waals surface area contributed by atoms with E-state index in [1.165, 1.54) is 18.2 Å². The molecule has 2 atom stereocenters. The quantitative estimate of drug-likeness (QED) is 0.500. The fourth-order valence-corrected chi connectivity index (χ4v) is 4.43. The summed E-state index contributed by atoms with van der Waals surface area (Å²) in [6, 6.07) is 4.65. The van der Waals surface area contributed by atoms with Gasteiger partial charge in [-0.2, -0.15) is 13.2 Å². The summed E-state index contributed by atoms with van der Waals surface area (Å²) in [5.74, 6) is -1.30. The first kappa shape index (κ1) is 21.9. The highest BCUT2D eigenvalue weighted by Crippen LogP contribution is 2.64. The van der Waals surface area contributed by atoms with Gasteiger partial charge in [0.2, 0.25) is 0 Å². The third-order valence-corrected chi connectivity index (χ3v) is 6.14. The van der Waals surface area contributed by atoms with Gasteiger partial charge in [-0.3, -0.25) is 4.79 Å². The molecular weight excluding hydrogens is 458 g/mol. The lowest BCUT2D eigenvalue weighted by Gasteiger charge is -2.24. The molecule has 1 saturated carbocycles. The van der Waals surface area contributed by atoms with E-state index in [0.29, 0.717) is 35.8 Å². The topological polar surface area (TPSA) is 63.2 Å². The normalized spacial score (nSPS) is 25.3. The van der Waals surface area contributed by atoms with Crippen molar-refractivity contribution in [3.05, 3.63) is 58.1 Å². The van der Waals surface area contributed by atoms with Crippen LogP contribution < -0.4 is 10.6 Å². The highest BCUT2D eigenvalue weighted by molar-refractivity contribution is 7.80. The summed E-state index contributed by atoms with van der Waals surface area (Å²) in [5.41, 5.74) is -2.04. The van der Waals surface area contributed by atoms with Crippen LogP contribution in [0.5, 0.6) is 0 Å². The van der Waals surface area contributed by atoms with Crippen LogP contribution in [0, 0.1) is 11.2 Å². The van der Waals surface area contributed by atoms with Crippen LogP contribution in [-0.2, 0) is 16.5 Å². The Kier molecular flexibility index (Phi) is 5.22. The number of carbonyl (C=O) groups excluding carboxylic acids is 1. The molecular formula is C20H16ClF4N3O2S. The number of carbonyl (C=O) groups is 1. The molecule has 0 radical (unpaired) electrons. The van der Waals surface area contributed by atoms with Crippen LogP contribution in [0.2, 0.25) is 5.02 Å². The van der Waals surface area contributed by atoms with Crippen molar-refractivity contribution >= 4 is 40.4 Å². The Labute approximate surface area is 185 Å². The van der Waals surface area contributed by atoms with Crippen molar-refractivity contribution in [3.63, 3.8) is 0 Å². The van der Waals surface area contributed by atoms with Gasteiger partial charge < -0.3 is 15.4 Å². The summed E-state index contributed by atoms with van der Waals surface area (Å²) in [6.45, 7) is 2.58. The number of anilines is 1. The maximum atomic E-state index is 14.8. The van der Waals surface area contributed by atoms with Gasteiger partial charge in [-0.05, 0) is 30.7 Å². The molecule has 164 valence electrons. The van der Waals surface area contributed by atoms with Crippen LogP contribution in [0.3, 0.4) is 0 Å². The van der Waals surface area contributed by atoms with Gasteiger partial charge in [-0.25, -0.2) is 9.37 Å². The zero-order valence-electron chi connectivity index (χ0n) is 16.1. The number of amides is 1. The summed E-state index contributed by atoms with van der Waals surface area (Å²) >= 11 is 11.1. The van der Waals surface area contributed by atoms with Gasteiger partial charge in [0.1, 0.15) is 16.5 Å². The van der Waals surface area contributed by atoms with E-state index in [4.69, 9.17) is 28.6 Å². The summed E-state index contributed by atoms with van der Waals surface area (Å²) in [6.07, 6.45) is -3.52. The van der Waals surface area contributed by atoms with Crippen molar-refractivity contribution in [2.45, 2.75) is 25.1 Å². The molecule has 31 heavy (non-hydrogen) atoms. The van der Waals surface area contributed by atoms with Crippen molar-refractivity contribution in [3.8, 4) is 0 Å². The van der Waals surface area contributed by atoms with Crippen LogP contribution in [-0.4, -0.2) is 29.1 Å². The predicted molar refractivity (Wildman–Crippen MR) is 110 cm³/mol. The summed E-state index contributed by atoms with van der Waals surface area (Å²) < 4.78 is 58.6. The van der Waals surface area contributed by atoms with Gasteiger partial charge in [-0.1, -0.05) is 30.7 Å². The molecule has 4 rings (SSSR count). The molecule has 1 saturated heterocycles. The monoisotopic (exact) mass is 473 g/mol. The van der Waals surface area contributed by atoms with E-state index < -0.39 is 34.0 Å². The Balaban J connectivity index is 1.61. The minimum atomic E-state index is -4.64. The standard InChI is InChI=1S/C20H16ClF4N3O2S/c1-18-8-19(18,28-15(31)7-30-9-18)12-5-11(2-3-14(12)22)27-17(29)16-13(21)4-10(6-26-16)20(23,24)25/h2-6H,7-9H2,1H3,(H,27,29)(H,28,31)/t18-,19+/m0/s1. The van der Waals surface area contributed by atoms with Crippen molar-refractivity contribution < 1.29 is 27.1 Å². The fraction of sp³-hybridized carbons (Fsp3) is 0.350. The minimum absolute atomic E-state index is 0.237. The Morgan fingerprint density at radius 1 is 1.35 bits per heavy atom. The van der Waals surface area contributed by atoms with E-state index >= 15 is 0 Å².